The van der Waals surface area contributed by atoms with Crippen molar-refractivity contribution in [2.45, 2.75) is 38.6 Å². The molecule has 1 aliphatic carbocycles. The molecule has 0 spiro atoms. The van der Waals surface area contributed by atoms with Crippen LogP contribution in [0.1, 0.15) is 35.2 Å². The molecule has 0 unspecified atom stereocenters. The molecule has 3 rings (SSSR count). The van der Waals surface area contributed by atoms with Crippen LogP contribution >= 0.6 is 27.3 Å². The Morgan fingerprint density at radius 3 is 2.83 bits per heavy atom. The van der Waals surface area contributed by atoms with Crippen LogP contribution in [-0.2, 0) is 12.0 Å². The van der Waals surface area contributed by atoms with Crippen molar-refractivity contribution in [2.24, 2.45) is 4.99 Å². The summed E-state index contributed by atoms with van der Waals surface area (Å²) in [4.78, 5) is 10.2. The van der Waals surface area contributed by atoms with Crippen molar-refractivity contribution >= 4 is 33.2 Å². The number of aromatic nitrogens is 1. The van der Waals surface area contributed by atoms with Gasteiger partial charge in [0.25, 0.3) is 0 Å². The van der Waals surface area contributed by atoms with Gasteiger partial charge in [-0.05, 0) is 44.4 Å². The van der Waals surface area contributed by atoms with Crippen molar-refractivity contribution in [3.8, 4) is 0 Å². The number of thiazole rings is 1. The summed E-state index contributed by atoms with van der Waals surface area (Å²) in [5, 5.41) is 7.95. The fourth-order valence-electron chi connectivity index (χ4n) is 2.77. The normalized spacial score (nSPS) is 16.0. The smallest absolute Gasteiger partial charge is 0.191 e. The highest BCUT2D eigenvalue weighted by atomic mass is 79.9. The highest BCUT2D eigenvalue weighted by Crippen LogP contribution is 2.48. The molecule has 1 aromatic heterocycles. The Hall–Kier alpha value is -1.40. The van der Waals surface area contributed by atoms with Gasteiger partial charge in [0.1, 0.15) is 0 Å². The molecule has 1 fully saturated rings. The number of hydrogen-bond donors (Lipinski definition) is 2. The molecule has 24 heavy (non-hydrogen) atoms. The van der Waals surface area contributed by atoms with Crippen LogP contribution in [0, 0.1) is 6.92 Å². The molecule has 1 saturated carbocycles. The third-order valence-electron chi connectivity index (χ3n) is 4.29. The van der Waals surface area contributed by atoms with Gasteiger partial charge in [-0.3, -0.25) is 0 Å². The molecule has 6 heteroatoms. The largest absolute Gasteiger partial charge is 0.357 e. The molecule has 0 amide bonds. The quantitative estimate of drug-likeness (QED) is 0.562. The summed E-state index contributed by atoms with van der Waals surface area (Å²) >= 11 is 5.28. The molecule has 1 aliphatic rings. The Morgan fingerprint density at radius 2 is 2.21 bits per heavy atom. The van der Waals surface area contributed by atoms with Crippen LogP contribution in [0.15, 0.2) is 39.9 Å². The summed E-state index contributed by atoms with van der Waals surface area (Å²) in [6.07, 6.45) is 4.37. The lowest BCUT2D eigenvalue weighted by Gasteiger charge is -2.19. The zero-order valence-electron chi connectivity index (χ0n) is 14.1. The number of benzene rings is 1. The maximum Gasteiger partial charge on any atom is 0.191 e. The first-order valence-electron chi connectivity index (χ1n) is 8.31. The zero-order chi connectivity index (χ0) is 17.0. The molecule has 0 atom stereocenters. The van der Waals surface area contributed by atoms with Crippen molar-refractivity contribution < 1.29 is 0 Å². The fraction of sp³-hybridized carbons (Fsp3) is 0.444. The summed E-state index contributed by atoms with van der Waals surface area (Å²) in [6.45, 7) is 6.56. The molecule has 128 valence electrons. The van der Waals surface area contributed by atoms with Gasteiger partial charge in [-0.2, -0.15) is 0 Å². The first-order valence-corrected chi connectivity index (χ1v) is 9.92. The Labute approximate surface area is 155 Å². The second-order valence-corrected chi connectivity index (χ2v) is 8.42. The van der Waals surface area contributed by atoms with E-state index in [0.29, 0.717) is 6.54 Å². The monoisotopic (exact) mass is 406 g/mol. The van der Waals surface area contributed by atoms with Gasteiger partial charge >= 0.3 is 0 Å². The number of nitrogens with one attached hydrogen (secondary N) is 2. The minimum Gasteiger partial charge on any atom is -0.357 e. The number of halogens is 1. The lowest BCUT2D eigenvalue weighted by molar-refractivity contribution is 0.645. The first-order chi connectivity index (χ1) is 11.6. The Bertz CT molecular complexity index is 721. The van der Waals surface area contributed by atoms with Gasteiger partial charge < -0.3 is 10.6 Å². The topological polar surface area (TPSA) is 49.3 Å². The molecule has 0 saturated heterocycles. The lowest BCUT2D eigenvalue weighted by atomic mass is 9.96. The van der Waals surface area contributed by atoms with E-state index in [2.05, 4.69) is 62.7 Å². The predicted molar refractivity (Wildman–Crippen MR) is 105 cm³/mol. The molecule has 0 bridgehead atoms. The van der Waals surface area contributed by atoms with Gasteiger partial charge in [0.2, 0.25) is 0 Å². The van der Waals surface area contributed by atoms with Crippen LogP contribution < -0.4 is 10.6 Å². The molecular formula is C18H23BrN4S. The summed E-state index contributed by atoms with van der Waals surface area (Å²) in [5.74, 6) is 0.879. The number of rotatable bonds is 6. The predicted octanol–water partition coefficient (Wildman–Crippen LogP) is 4.00. The van der Waals surface area contributed by atoms with Crippen molar-refractivity contribution in [1.82, 2.24) is 15.6 Å². The summed E-state index contributed by atoms with van der Waals surface area (Å²) < 4.78 is 1.15. The van der Waals surface area contributed by atoms with E-state index in [9.17, 15) is 0 Å². The Kier molecular flexibility index (Phi) is 5.56. The number of aryl methyl sites for hydroxylation is 1. The lowest BCUT2D eigenvalue weighted by Crippen LogP contribution is -2.41. The average Bonchev–Trinajstić information content (AvgIpc) is 3.25. The maximum absolute atomic E-state index is 4.69. The fourth-order valence-corrected chi connectivity index (χ4v) is 3.89. The van der Waals surface area contributed by atoms with E-state index in [1.807, 2.05) is 13.1 Å². The van der Waals surface area contributed by atoms with Crippen molar-refractivity contribution in [2.75, 3.05) is 13.1 Å². The minimum absolute atomic E-state index is 0.251. The highest BCUT2D eigenvalue weighted by Gasteiger charge is 2.44. The van der Waals surface area contributed by atoms with E-state index < -0.39 is 0 Å². The van der Waals surface area contributed by atoms with Gasteiger partial charge in [0.05, 0.1) is 11.6 Å². The molecule has 4 nitrogen and oxygen atoms in total. The van der Waals surface area contributed by atoms with E-state index >= 15 is 0 Å². The van der Waals surface area contributed by atoms with Gasteiger partial charge in [-0.25, -0.2) is 9.98 Å². The van der Waals surface area contributed by atoms with Gasteiger partial charge in [0, 0.05) is 34.1 Å². The molecule has 0 aliphatic heterocycles. The number of nitrogens with zero attached hydrogens (tertiary/aromatic N) is 2. The Balaban J connectivity index is 1.63. The van der Waals surface area contributed by atoms with Crippen LogP contribution in [0.25, 0.3) is 0 Å². The van der Waals surface area contributed by atoms with Crippen LogP contribution in [0.5, 0.6) is 0 Å². The number of hydrogen-bond acceptors (Lipinski definition) is 3. The van der Waals surface area contributed by atoms with Crippen LogP contribution in [0.3, 0.4) is 0 Å². The summed E-state index contributed by atoms with van der Waals surface area (Å²) in [7, 11) is 0. The Morgan fingerprint density at radius 1 is 1.38 bits per heavy atom. The van der Waals surface area contributed by atoms with E-state index in [1.54, 1.807) is 11.3 Å². The number of guanidine groups is 1. The summed E-state index contributed by atoms with van der Waals surface area (Å²) in [6, 6.07) is 8.66. The molecule has 0 radical (unpaired) electrons. The van der Waals surface area contributed by atoms with E-state index in [-0.39, 0.29) is 5.41 Å². The van der Waals surface area contributed by atoms with Gasteiger partial charge in [0.15, 0.2) is 5.96 Å². The minimum atomic E-state index is 0.251. The van der Waals surface area contributed by atoms with E-state index in [4.69, 9.17) is 4.99 Å². The van der Waals surface area contributed by atoms with Crippen molar-refractivity contribution in [3.05, 3.63) is 50.4 Å². The first kappa shape index (κ1) is 17.4. The SMILES string of the molecule is CCNC(=NCc1cnc(C)s1)NCC1(c2cccc(Br)c2)CC1. The molecule has 2 aromatic rings. The van der Waals surface area contributed by atoms with E-state index in [0.717, 1.165) is 28.5 Å². The average molecular weight is 407 g/mol. The summed E-state index contributed by atoms with van der Waals surface area (Å²) in [5.41, 5.74) is 1.65. The standard InChI is InChI=1S/C18H23BrN4S/c1-3-20-17(22-11-16-10-21-13(2)24-16)23-12-18(7-8-18)14-5-4-6-15(19)9-14/h4-6,9-10H,3,7-8,11-12H2,1-2H3,(H2,20,22,23). The van der Waals surface area contributed by atoms with E-state index in [1.165, 1.54) is 23.3 Å². The molecule has 1 heterocycles. The van der Waals surface area contributed by atoms with Crippen molar-refractivity contribution in [1.29, 1.82) is 0 Å². The number of aliphatic imine (C=N–C) groups is 1. The second kappa shape index (κ2) is 7.66. The molecular weight excluding hydrogens is 384 g/mol. The highest BCUT2D eigenvalue weighted by molar-refractivity contribution is 9.10. The maximum atomic E-state index is 4.69. The van der Waals surface area contributed by atoms with Crippen LogP contribution in [0.4, 0.5) is 0 Å². The third kappa shape index (κ3) is 4.36. The van der Waals surface area contributed by atoms with Crippen molar-refractivity contribution in [3.63, 3.8) is 0 Å². The second-order valence-electron chi connectivity index (χ2n) is 6.18. The molecule has 1 aromatic carbocycles. The van der Waals surface area contributed by atoms with Gasteiger partial charge in [-0.15, -0.1) is 11.3 Å². The van der Waals surface area contributed by atoms with Gasteiger partial charge in [-0.1, -0.05) is 28.1 Å². The zero-order valence-corrected chi connectivity index (χ0v) is 16.5. The third-order valence-corrected chi connectivity index (χ3v) is 5.68. The van der Waals surface area contributed by atoms with Crippen LogP contribution in [-0.4, -0.2) is 24.0 Å². The molecule has 2 N–H and O–H groups in total. The van der Waals surface area contributed by atoms with Crippen LogP contribution in [0.2, 0.25) is 0 Å².